The molecule has 0 saturated heterocycles. The molecule has 1 spiro atoms. The van der Waals surface area contributed by atoms with Gasteiger partial charge in [0.25, 0.3) is 0 Å². The number of anilines is 3. The molecule has 0 radical (unpaired) electrons. The van der Waals surface area contributed by atoms with Gasteiger partial charge in [-0.3, -0.25) is 0 Å². The van der Waals surface area contributed by atoms with E-state index in [1.807, 2.05) is 12.1 Å². The van der Waals surface area contributed by atoms with Crippen LogP contribution in [0.25, 0.3) is 66.4 Å². The zero-order valence-electron chi connectivity index (χ0n) is 31.1. The summed E-state index contributed by atoms with van der Waals surface area (Å²) >= 11 is 0. The van der Waals surface area contributed by atoms with E-state index in [0.717, 1.165) is 39.0 Å². The first-order valence-corrected chi connectivity index (χ1v) is 19.7. The first-order valence-electron chi connectivity index (χ1n) is 19.7. The highest BCUT2D eigenvalue weighted by molar-refractivity contribution is 6.07. The van der Waals surface area contributed by atoms with Crippen molar-refractivity contribution < 1.29 is 4.42 Å². The molecule has 1 aromatic heterocycles. The van der Waals surface area contributed by atoms with E-state index in [2.05, 4.69) is 205 Å². The fourth-order valence-electron chi connectivity index (χ4n) is 9.91. The van der Waals surface area contributed by atoms with Crippen LogP contribution in [0, 0.1) is 0 Å². The molecule has 266 valence electrons. The molecule has 10 aromatic rings. The van der Waals surface area contributed by atoms with Gasteiger partial charge < -0.3 is 9.32 Å². The zero-order chi connectivity index (χ0) is 37.5. The quantitative estimate of drug-likeness (QED) is 0.176. The first kappa shape index (κ1) is 31.9. The Morgan fingerprint density at radius 3 is 1.51 bits per heavy atom. The van der Waals surface area contributed by atoms with Gasteiger partial charge in [-0.25, -0.2) is 0 Å². The van der Waals surface area contributed by atoms with Crippen molar-refractivity contribution >= 4 is 39.0 Å². The lowest BCUT2D eigenvalue weighted by Crippen LogP contribution is -2.25. The second-order valence-corrected chi connectivity index (χ2v) is 15.2. The summed E-state index contributed by atoms with van der Waals surface area (Å²) in [6, 6.07) is 77.4. The van der Waals surface area contributed by atoms with Crippen LogP contribution in [0.4, 0.5) is 17.1 Å². The summed E-state index contributed by atoms with van der Waals surface area (Å²) < 4.78 is 6.24. The minimum absolute atomic E-state index is 0.367. The van der Waals surface area contributed by atoms with Crippen LogP contribution in [0.15, 0.2) is 217 Å². The van der Waals surface area contributed by atoms with Crippen molar-refractivity contribution in [1.82, 2.24) is 0 Å². The molecule has 1 heterocycles. The fraction of sp³-hybridized carbons (Fsp3) is 0.0182. The van der Waals surface area contributed by atoms with Gasteiger partial charge in [0.15, 0.2) is 0 Å². The lowest BCUT2D eigenvalue weighted by Gasteiger charge is -2.30. The van der Waals surface area contributed by atoms with Gasteiger partial charge in [-0.05, 0) is 115 Å². The number of rotatable bonds is 5. The Bertz CT molecular complexity index is 3130. The molecule has 0 saturated carbocycles. The highest BCUT2D eigenvalue weighted by atomic mass is 16.3. The summed E-state index contributed by atoms with van der Waals surface area (Å²) in [5, 5.41) is 2.22. The van der Waals surface area contributed by atoms with Gasteiger partial charge in [0.2, 0.25) is 0 Å². The maximum Gasteiger partial charge on any atom is 0.135 e. The summed E-state index contributed by atoms with van der Waals surface area (Å²) in [5.74, 6) is 0. The lowest BCUT2D eigenvalue weighted by molar-refractivity contribution is 0.669. The summed E-state index contributed by atoms with van der Waals surface area (Å²) in [6.45, 7) is 0. The number of hydrogen-bond acceptors (Lipinski definition) is 2. The van der Waals surface area contributed by atoms with Crippen molar-refractivity contribution in [3.8, 4) is 44.5 Å². The van der Waals surface area contributed by atoms with Gasteiger partial charge in [0.1, 0.15) is 11.2 Å². The van der Waals surface area contributed by atoms with Crippen LogP contribution in [0.2, 0.25) is 0 Å². The number of furan rings is 1. The number of hydrogen-bond donors (Lipinski definition) is 0. The average Bonchev–Trinajstić information content (AvgIpc) is 3.91. The monoisotopic (exact) mass is 725 g/mol. The Morgan fingerprint density at radius 1 is 0.316 bits per heavy atom. The molecule has 12 rings (SSSR count). The van der Waals surface area contributed by atoms with Gasteiger partial charge in [0.05, 0.1) is 5.41 Å². The summed E-state index contributed by atoms with van der Waals surface area (Å²) in [6.07, 6.45) is 0. The van der Waals surface area contributed by atoms with Crippen molar-refractivity contribution in [2.45, 2.75) is 5.41 Å². The summed E-state index contributed by atoms with van der Waals surface area (Å²) in [7, 11) is 0. The lowest BCUT2D eigenvalue weighted by atomic mass is 9.70. The first-order chi connectivity index (χ1) is 28.3. The van der Waals surface area contributed by atoms with E-state index in [4.69, 9.17) is 4.42 Å². The number of benzene rings is 9. The van der Waals surface area contributed by atoms with Gasteiger partial charge in [-0.2, -0.15) is 0 Å². The van der Waals surface area contributed by atoms with E-state index >= 15 is 0 Å². The number of fused-ring (bicyclic) bond motifs is 13. The molecular weight excluding hydrogens is 691 g/mol. The predicted octanol–water partition coefficient (Wildman–Crippen LogP) is 14.7. The topological polar surface area (TPSA) is 16.4 Å². The van der Waals surface area contributed by atoms with E-state index in [1.165, 1.54) is 66.8 Å². The molecule has 9 aromatic carbocycles. The highest BCUT2D eigenvalue weighted by Gasteiger charge is 2.51. The van der Waals surface area contributed by atoms with E-state index < -0.39 is 0 Å². The predicted molar refractivity (Wildman–Crippen MR) is 236 cm³/mol. The van der Waals surface area contributed by atoms with E-state index in [1.54, 1.807) is 0 Å². The molecule has 2 nitrogen and oxygen atoms in total. The summed E-state index contributed by atoms with van der Waals surface area (Å²) in [5.41, 5.74) is 20.2. The standard InChI is InChI=1S/C55H35NO/c1-2-13-36(14-3-1)37-25-29-39(30-26-37)56(41-33-34-53-47(35-41)45-17-7-11-24-52(45)57-53)40-31-27-38(28-32-40)42-19-12-23-51-54(42)46-18-6-10-22-50(46)55(51)48-20-8-4-15-43(48)44-16-5-9-21-49(44)55/h1-35H. The van der Waals surface area contributed by atoms with Crippen LogP contribution in [0.5, 0.6) is 0 Å². The molecule has 0 atom stereocenters. The van der Waals surface area contributed by atoms with E-state index in [9.17, 15) is 0 Å². The van der Waals surface area contributed by atoms with Crippen LogP contribution in [0.3, 0.4) is 0 Å². The molecule has 0 bridgehead atoms. The van der Waals surface area contributed by atoms with Gasteiger partial charge in [-0.15, -0.1) is 0 Å². The normalized spacial score (nSPS) is 13.1. The average molecular weight is 726 g/mol. The SMILES string of the molecule is c1ccc(-c2ccc(N(c3ccc(-c4cccc5c4-c4ccccc4C54c5ccccc5-c5ccccc54)cc3)c3ccc4oc5ccccc5c4c3)cc2)cc1. The fourth-order valence-corrected chi connectivity index (χ4v) is 9.91. The zero-order valence-corrected chi connectivity index (χ0v) is 31.1. The Labute approximate surface area is 331 Å². The second-order valence-electron chi connectivity index (χ2n) is 15.2. The molecule has 57 heavy (non-hydrogen) atoms. The van der Waals surface area contributed by atoms with Crippen LogP contribution in [0.1, 0.15) is 22.3 Å². The van der Waals surface area contributed by atoms with Gasteiger partial charge >= 0.3 is 0 Å². The third kappa shape index (κ3) is 4.59. The minimum atomic E-state index is -0.367. The minimum Gasteiger partial charge on any atom is -0.456 e. The van der Waals surface area contributed by atoms with Crippen molar-refractivity contribution in [3.63, 3.8) is 0 Å². The van der Waals surface area contributed by atoms with E-state index in [0.29, 0.717) is 0 Å². The van der Waals surface area contributed by atoms with E-state index in [-0.39, 0.29) is 5.41 Å². The molecular formula is C55H35NO. The number of nitrogens with zero attached hydrogens (tertiary/aromatic N) is 1. The van der Waals surface area contributed by atoms with Gasteiger partial charge in [-0.1, -0.05) is 164 Å². The van der Waals surface area contributed by atoms with Crippen LogP contribution in [-0.4, -0.2) is 0 Å². The van der Waals surface area contributed by atoms with Gasteiger partial charge in [0, 0.05) is 27.8 Å². The largest absolute Gasteiger partial charge is 0.456 e. The highest BCUT2D eigenvalue weighted by Crippen LogP contribution is 2.64. The van der Waals surface area contributed by atoms with Crippen LogP contribution >= 0.6 is 0 Å². The Balaban J connectivity index is 1.01. The maximum atomic E-state index is 6.24. The molecule has 2 aliphatic carbocycles. The third-order valence-corrected chi connectivity index (χ3v) is 12.3. The van der Waals surface area contributed by atoms with Crippen molar-refractivity contribution in [2.24, 2.45) is 0 Å². The van der Waals surface area contributed by atoms with Crippen LogP contribution < -0.4 is 4.90 Å². The molecule has 0 unspecified atom stereocenters. The van der Waals surface area contributed by atoms with Crippen molar-refractivity contribution in [3.05, 3.63) is 235 Å². The van der Waals surface area contributed by atoms with Crippen molar-refractivity contribution in [1.29, 1.82) is 0 Å². The molecule has 0 fully saturated rings. The third-order valence-electron chi connectivity index (χ3n) is 12.3. The second kappa shape index (κ2) is 12.3. The molecule has 0 amide bonds. The van der Waals surface area contributed by atoms with Crippen molar-refractivity contribution in [2.75, 3.05) is 4.90 Å². The van der Waals surface area contributed by atoms with Crippen LogP contribution in [-0.2, 0) is 5.41 Å². The Kier molecular flexibility index (Phi) is 6.88. The Morgan fingerprint density at radius 2 is 0.807 bits per heavy atom. The maximum absolute atomic E-state index is 6.24. The summed E-state index contributed by atoms with van der Waals surface area (Å²) in [4.78, 5) is 2.35. The molecule has 2 heteroatoms. The Hall–Kier alpha value is -7.42. The molecule has 2 aliphatic rings. The number of para-hydroxylation sites is 1. The molecule has 0 N–H and O–H groups in total. The smallest absolute Gasteiger partial charge is 0.135 e. The molecule has 0 aliphatic heterocycles.